The smallest absolute Gasteiger partial charge is 0.337 e. The van der Waals surface area contributed by atoms with Crippen molar-refractivity contribution in [3.8, 4) is 0 Å². The number of aromatic carboxylic acids is 1. The van der Waals surface area contributed by atoms with Gasteiger partial charge in [0.25, 0.3) is 0 Å². The summed E-state index contributed by atoms with van der Waals surface area (Å²) < 4.78 is 2.15. The van der Waals surface area contributed by atoms with Gasteiger partial charge in [0.15, 0.2) is 0 Å². The van der Waals surface area contributed by atoms with Crippen LogP contribution in [-0.4, -0.2) is 15.6 Å². The molecule has 0 atom stereocenters. The number of unbranched alkanes of at least 4 members (excludes halogenated alkanes) is 1. The minimum Gasteiger partial charge on any atom is -0.478 e. The first-order chi connectivity index (χ1) is 9.45. The Hall–Kier alpha value is -1.77. The van der Waals surface area contributed by atoms with Gasteiger partial charge < -0.3 is 9.67 Å². The van der Waals surface area contributed by atoms with E-state index in [-0.39, 0.29) is 0 Å². The molecule has 20 heavy (non-hydrogen) atoms. The summed E-state index contributed by atoms with van der Waals surface area (Å²) in [6.07, 6.45) is 2.17. The van der Waals surface area contributed by atoms with E-state index in [0.717, 1.165) is 41.5 Å². The van der Waals surface area contributed by atoms with E-state index in [0.29, 0.717) is 11.5 Å². The Morgan fingerprint density at radius 2 is 2.00 bits per heavy atom. The Labute approximate surface area is 120 Å². The first-order valence-electron chi connectivity index (χ1n) is 7.32. The SMILES string of the molecule is CCCCn1c(C)cc2cc(C(C)C)cc(C(=O)O)c21. The van der Waals surface area contributed by atoms with Gasteiger partial charge in [0.05, 0.1) is 11.1 Å². The van der Waals surface area contributed by atoms with Crippen molar-refractivity contribution in [1.82, 2.24) is 4.57 Å². The lowest BCUT2D eigenvalue weighted by Gasteiger charge is -2.12. The molecule has 0 aliphatic carbocycles. The maximum atomic E-state index is 11.6. The number of rotatable bonds is 5. The fraction of sp³-hybridized carbons (Fsp3) is 0.471. The zero-order valence-corrected chi connectivity index (χ0v) is 12.7. The quantitative estimate of drug-likeness (QED) is 0.867. The second kappa shape index (κ2) is 5.70. The monoisotopic (exact) mass is 273 g/mol. The number of aryl methyl sites for hydroxylation is 2. The maximum Gasteiger partial charge on any atom is 0.337 e. The number of aromatic nitrogens is 1. The first-order valence-corrected chi connectivity index (χ1v) is 7.32. The summed E-state index contributed by atoms with van der Waals surface area (Å²) in [6, 6.07) is 6.06. The molecule has 1 N–H and O–H groups in total. The molecule has 0 aliphatic rings. The van der Waals surface area contributed by atoms with Gasteiger partial charge in [-0.25, -0.2) is 4.79 Å². The van der Waals surface area contributed by atoms with Crippen LogP contribution in [0.2, 0.25) is 0 Å². The normalized spacial score (nSPS) is 11.4. The summed E-state index contributed by atoms with van der Waals surface area (Å²) in [5, 5.41) is 10.6. The van der Waals surface area contributed by atoms with Crippen LogP contribution < -0.4 is 0 Å². The number of hydrogen-bond donors (Lipinski definition) is 1. The van der Waals surface area contributed by atoms with Gasteiger partial charge in [-0.1, -0.05) is 27.2 Å². The number of carboxylic acid groups (broad SMARTS) is 1. The second-order valence-corrected chi connectivity index (χ2v) is 5.76. The van der Waals surface area contributed by atoms with Crippen LogP contribution in [0.15, 0.2) is 18.2 Å². The van der Waals surface area contributed by atoms with Gasteiger partial charge in [-0.3, -0.25) is 0 Å². The molecule has 3 nitrogen and oxygen atoms in total. The number of nitrogens with zero attached hydrogens (tertiary/aromatic N) is 1. The van der Waals surface area contributed by atoms with Crippen LogP contribution in [0.3, 0.4) is 0 Å². The molecule has 0 amide bonds. The molecule has 0 saturated heterocycles. The molecule has 108 valence electrons. The van der Waals surface area contributed by atoms with Gasteiger partial charge in [-0.2, -0.15) is 0 Å². The third-order valence-corrected chi connectivity index (χ3v) is 3.85. The van der Waals surface area contributed by atoms with Crippen molar-refractivity contribution in [2.24, 2.45) is 0 Å². The predicted molar refractivity (Wildman–Crippen MR) is 82.6 cm³/mol. The van der Waals surface area contributed by atoms with E-state index in [1.165, 1.54) is 0 Å². The van der Waals surface area contributed by atoms with Crippen molar-refractivity contribution in [2.45, 2.75) is 53.0 Å². The standard InChI is InChI=1S/C17H23NO2/c1-5-6-7-18-12(4)8-14-9-13(11(2)3)10-15(16(14)18)17(19)20/h8-11H,5-7H2,1-4H3,(H,19,20). The van der Waals surface area contributed by atoms with Crippen LogP contribution in [0.25, 0.3) is 10.9 Å². The van der Waals surface area contributed by atoms with Crippen molar-refractivity contribution in [2.75, 3.05) is 0 Å². The average molecular weight is 273 g/mol. The summed E-state index contributed by atoms with van der Waals surface area (Å²) in [6.45, 7) is 9.26. The minimum atomic E-state index is -0.839. The lowest BCUT2D eigenvalue weighted by atomic mass is 9.98. The van der Waals surface area contributed by atoms with Crippen molar-refractivity contribution in [3.05, 3.63) is 35.0 Å². The van der Waals surface area contributed by atoms with Gasteiger partial charge >= 0.3 is 5.97 Å². The van der Waals surface area contributed by atoms with Crippen LogP contribution in [0.5, 0.6) is 0 Å². The second-order valence-electron chi connectivity index (χ2n) is 5.76. The van der Waals surface area contributed by atoms with E-state index < -0.39 is 5.97 Å². The van der Waals surface area contributed by atoms with E-state index in [2.05, 4.69) is 44.4 Å². The van der Waals surface area contributed by atoms with Gasteiger partial charge in [-0.15, -0.1) is 0 Å². The third kappa shape index (κ3) is 2.58. The van der Waals surface area contributed by atoms with E-state index in [9.17, 15) is 9.90 Å². The number of hydrogen-bond acceptors (Lipinski definition) is 1. The highest BCUT2D eigenvalue weighted by Gasteiger charge is 2.17. The Kier molecular flexibility index (Phi) is 4.17. The highest BCUT2D eigenvalue weighted by atomic mass is 16.4. The largest absolute Gasteiger partial charge is 0.478 e. The molecule has 1 aromatic heterocycles. The van der Waals surface area contributed by atoms with Crippen molar-refractivity contribution in [3.63, 3.8) is 0 Å². The zero-order valence-electron chi connectivity index (χ0n) is 12.7. The summed E-state index contributed by atoms with van der Waals surface area (Å²) in [4.78, 5) is 11.6. The first kappa shape index (κ1) is 14.6. The Bertz CT molecular complexity index is 638. The lowest BCUT2D eigenvalue weighted by Crippen LogP contribution is -2.06. The number of fused-ring (bicyclic) bond motifs is 1. The topological polar surface area (TPSA) is 42.2 Å². The molecule has 0 radical (unpaired) electrons. The van der Waals surface area contributed by atoms with Crippen molar-refractivity contribution >= 4 is 16.9 Å². The van der Waals surface area contributed by atoms with Crippen molar-refractivity contribution < 1.29 is 9.90 Å². The molecule has 0 aliphatic heterocycles. The molecule has 3 heteroatoms. The van der Waals surface area contributed by atoms with Crippen LogP contribution in [0.4, 0.5) is 0 Å². The van der Waals surface area contributed by atoms with Crippen molar-refractivity contribution in [1.29, 1.82) is 0 Å². The van der Waals surface area contributed by atoms with Crippen LogP contribution in [0, 0.1) is 6.92 Å². The van der Waals surface area contributed by atoms with Gasteiger partial charge in [-0.05, 0) is 43.0 Å². The summed E-state index contributed by atoms with van der Waals surface area (Å²) in [5.41, 5.74) is 3.52. The highest BCUT2D eigenvalue weighted by molar-refractivity contribution is 6.03. The highest BCUT2D eigenvalue weighted by Crippen LogP contribution is 2.28. The molecule has 0 unspecified atom stereocenters. The molecule has 1 heterocycles. The lowest BCUT2D eigenvalue weighted by molar-refractivity contribution is 0.0698. The minimum absolute atomic E-state index is 0.330. The van der Waals surface area contributed by atoms with E-state index in [4.69, 9.17) is 0 Å². The number of benzene rings is 1. The summed E-state index contributed by atoms with van der Waals surface area (Å²) in [5.74, 6) is -0.509. The third-order valence-electron chi connectivity index (χ3n) is 3.85. The number of carboxylic acids is 1. The number of carbonyl (C=O) groups is 1. The zero-order chi connectivity index (χ0) is 14.9. The molecular weight excluding hydrogens is 250 g/mol. The van der Waals surface area contributed by atoms with E-state index in [1.807, 2.05) is 6.07 Å². The van der Waals surface area contributed by atoms with Gasteiger partial charge in [0, 0.05) is 17.6 Å². The maximum absolute atomic E-state index is 11.6. The molecule has 0 spiro atoms. The predicted octanol–water partition coefficient (Wildman–Crippen LogP) is 4.57. The average Bonchev–Trinajstić information content (AvgIpc) is 2.70. The van der Waals surface area contributed by atoms with Crippen LogP contribution in [0.1, 0.15) is 61.1 Å². The summed E-state index contributed by atoms with van der Waals surface area (Å²) in [7, 11) is 0. The van der Waals surface area contributed by atoms with Crippen LogP contribution >= 0.6 is 0 Å². The van der Waals surface area contributed by atoms with E-state index >= 15 is 0 Å². The molecule has 2 aromatic rings. The summed E-state index contributed by atoms with van der Waals surface area (Å²) >= 11 is 0. The Balaban J connectivity index is 2.70. The molecule has 2 rings (SSSR count). The van der Waals surface area contributed by atoms with Crippen LogP contribution in [-0.2, 0) is 6.54 Å². The van der Waals surface area contributed by atoms with E-state index in [1.54, 1.807) is 0 Å². The van der Waals surface area contributed by atoms with Gasteiger partial charge in [0.1, 0.15) is 0 Å². The molecule has 0 fully saturated rings. The molecular formula is C17H23NO2. The molecule has 0 saturated carbocycles. The Morgan fingerprint density at radius 3 is 2.55 bits per heavy atom. The Morgan fingerprint density at radius 1 is 1.30 bits per heavy atom. The fourth-order valence-corrected chi connectivity index (χ4v) is 2.67. The van der Waals surface area contributed by atoms with Gasteiger partial charge in [0.2, 0.25) is 0 Å². The fourth-order valence-electron chi connectivity index (χ4n) is 2.67. The molecule has 1 aromatic carbocycles. The molecule has 0 bridgehead atoms.